The topological polar surface area (TPSA) is 38.5 Å². The number of rotatable bonds is 5. The van der Waals surface area contributed by atoms with Crippen LogP contribution in [0.15, 0.2) is 18.2 Å². The summed E-state index contributed by atoms with van der Waals surface area (Å²) >= 11 is 5.86. The summed E-state index contributed by atoms with van der Waals surface area (Å²) < 4.78 is 19.5. The van der Waals surface area contributed by atoms with E-state index in [0.717, 1.165) is 32.6 Å². The lowest BCUT2D eigenvalue weighted by atomic mass is 9.97. The van der Waals surface area contributed by atoms with E-state index in [9.17, 15) is 4.39 Å². The normalized spacial score (nSPS) is 18.4. The Morgan fingerprint density at radius 3 is 2.80 bits per heavy atom. The van der Waals surface area contributed by atoms with Crippen LogP contribution in [0.2, 0.25) is 5.02 Å². The minimum atomic E-state index is -0.358. The van der Waals surface area contributed by atoms with E-state index in [1.807, 2.05) is 7.05 Å². The Kier molecular flexibility index (Phi) is 5.78. The van der Waals surface area contributed by atoms with Gasteiger partial charge in [0.2, 0.25) is 0 Å². The van der Waals surface area contributed by atoms with Gasteiger partial charge in [-0.3, -0.25) is 4.90 Å². The van der Waals surface area contributed by atoms with Crippen molar-refractivity contribution in [3.8, 4) is 0 Å². The monoisotopic (exact) mass is 300 g/mol. The summed E-state index contributed by atoms with van der Waals surface area (Å²) in [5.74, 6) is 0.230. The molecule has 0 aliphatic carbocycles. The van der Waals surface area contributed by atoms with E-state index in [-0.39, 0.29) is 16.9 Å². The van der Waals surface area contributed by atoms with Crippen LogP contribution < -0.4 is 5.73 Å². The van der Waals surface area contributed by atoms with E-state index in [1.54, 1.807) is 18.2 Å². The van der Waals surface area contributed by atoms with Gasteiger partial charge in [0.15, 0.2) is 0 Å². The van der Waals surface area contributed by atoms with Crippen molar-refractivity contribution in [3.63, 3.8) is 0 Å². The highest BCUT2D eigenvalue weighted by atomic mass is 35.5. The van der Waals surface area contributed by atoms with Crippen molar-refractivity contribution in [1.82, 2.24) is 4.90 Å². The van der Waals surface area contributed by atoms with Crippen LogP contribution in [0.1, 0.15) is 24.4 Å². The van der Waals surface area contributed by atoms with Gasteiger partial charge in [0, 0.05) is 37.9 Å². The van der Waals surface area contributed by atoms with Gasteiger partial charge in [0.05, 0.1) is 5.02 Å². The van der Waals surface area contributed by atoms with Crippen molar-refractivity contribution in [1.29, 1.82) is 0 Å². The Labute approximate surface area is 124 Å². The predicted octanol–water partition coefficient (Wildman–Crippen LogP) is 2.84. The third-order valence-corrected chi connectivity index (χ3v) is 4.27. The molecule has 5 heteroatoms. The summed E-state index contributed by atoms with van der Waals surface area (Å²) in [5, 5.41) is 0.153. The first-order valence-electron chi connectivity index (χ1n) is 7.05. The lowest BCUT2D eigenvalue weighted by Gasteiger charge is -2.32. The molecule has 0 radical (unpaired) electrons. The van der Waals surface area contributed by atoms with Gasteiger partial charge in [-0.1, -0.05) is 23.7 Å². The van der Waals surface area contributed by atoms with Crippen LogP contribution in [0.4, 0.5) is 4.39 Å². The molecule has 1 fully saturated rings. The standard InChI is InChI=1S/C15H22ClFN2O/c1-19(10-11-5-7-20-8-6-11)14(9-18)12-3-2-4-13(16)15(12)17/h2-4,11,14H,5-10,18H2,1H3. The molecule has 0 spiro atoms. The van der Waals surface area contributed by atoms with E-state index in [2.05, 4.69) is 4.90 Å². The van der Waals surface area contributed by atoms with Crippen LogP contribution >= 0.6 is 11.6 Å². The zero-order chi connectivity index (χ0) is 14.5. The molecule has 3 nitrogen and oxygen atoms in total. The van der Waals surface area contributed by atoms with Gasteiger partial charge < -0.3 is 10.5 Å². The van der Waals surface area contributed by atoms with Gasteiger partial charge in [0.1, 0.15) is 5.82 Å². The van der Waals surface area contributed by atoms with Crippen molar-refractivity contribution < 1.29 is 9.13 Å². The number of nitrogens with two attached hydrogens (primary N) is 1. The number of halogens is 2. The van der Waals surface area contributed by atoms with Gasteiger partial charge in [-0.05, 0) is 31.9 Å². The van der Waals surface area contributed by atoms with Crippen molar-refractivity contribution in [2.45, 2.75) is 18.9 Å². The maximum Gasteiger partial charge on any atom is 0.146 e. The Hall–Kier alpha value is -0.680. The Morgan fingerprint density at radius 2 is 2.15 bits per heavy atom. The molecular formula is C15H22ClFN2O. The number of hydrogen-bond acceptors (Lipinski definition) is 3. The molecule has 0 saturated carbocycles. The molecule has 2 N–H and O–H groups in total. The van der Waals surface area contributed by atoms with Crippen molar-refractivity contribution in [3.05, 3.63) is 34.6 Å². The molecule has 1 atom stereocenters. The minimum absolute atomic E-state index is 0.142. The number of benzene rings is 1. The third-order valence-electron chi connectivity index (χ3n) is 3.98. The van der Waals surface area contributed by atoms with E-state index in [4.69, 9.17) is 22.1 Å². The second-order valence-electron chi connectivity index (χ2n) is 5.39. The average molecular weight is 301 g/mol. The first kappa shape index (κ1) is 15.7. The minimum Gasteiger partial charge on any atom is -0.381 e. The molecule has 0 bridgehead atoms. The fraction of sp³-hybridized carbons (Fsp3) is 0.600. The molecule has 1 aliphatic rings. The van der Waals surface area contributed by atoms with Crippen molar-refractivity contribution in [2.24, 2.45) is 11.7 Å². The summed E-state index contributed by atoms with van der Waals surface area (Å²) in [7, 11) is 1.99. The maximum atomic E-state index is 14.1. The van der Waals surface area contributed by atoms with E-state index in [0.29, 0.717) is 18.0 Å². The number of hydrogen-bond donors (Lipinski definition) is 1. The number of nitrogens with zero attached hydrogens (tertiary/aromatic N) is 1. The van der Waals surface area contributed by atoms with Crippen LogP contribution in [0.5, 0.6) is 0 Å². The molecule has 1 heterocycles. The smallest absolute Gasteiger partial charge is 0.146 e. The molecule has 20 heavy (non-hydrogen) atoms. The second-order valence-corrected chi connectivity index (χ2v) is 5.80. The molecule has 1 saturated heterocycles. The molecule has 1 aromatic rings. The van der Waals surface area contributed by atoms with Crippen LogP contribution in [-0.4, -0.2) is 38.3 Å². The van der Waals surface area contributed by atoms with E-state index < -0.39 is 0 Å². The van der Waals surface area contributed by atoms with Crippen molar-refractivity contribution in [2.75, 3.05) is 33.4 Å². The van der Waals surface area contributed by atoms with E-state index >= 15 is 0 Å². The molecule has 1 unspecified atom stereocenters. The van der Waals surface area contributed by atoms with Crippen LogP contribution in [-0.2, 0) is 4.74 Å². The Bertz CT molecular complexity index is 438. The lowest BCUT2D eigenvalue weighted by Crippen LogP contribution is -2.36. The first-order valence-corrected chi connectivity index (χ1v) is 7.43. The highest BCUT2D eigenvalue weighted by Gasteiger charge is 2.23. The van der Waals surface area contributed by atoms with Gasteiger partial charge in [0.25, 0.3) is 0 Å². The largest absolute Gasteiger partial charge is 0.381 e. The van der Waals surface area contributed by atoms with Gasteiger partial charge in [-0.15, -0.1) is 0 Å². The Morgan fingerprint density at radius 1 is 1.45 bits per heavy atom. The highest BCUT2D eigenvalue weighted by molar-refractivity contribution is 6.30. The molecule has 112 valence electrons. The average Bonchev–Trinajstić information content (AvgIpc) is 2.45. The maximum absolute atomic E-state index is 14.1. The first-order chi connectivity index (χ1) is 9.63. The third kappa shape index (κ3) is 3.70. The molecule has 0 aromatic heterocycles. The fourth-order valence-electron chi connectivity index (χ4n) is 2.79. The molecule has 1 aliphatic heterocycles. The zero-order valence-electron chi connectivity index (χ0n) is 11.8. The fourth-order valence-corrected chi connectivity index (χ4v) is 2.97. The molecule has 0 amide bonds. The predicted molar refractivity (Wildman–Crippen MR) is 79.4 cm³/mol. The van der Waals surface area contributed by atoms with Gasteiger partial charge in [-0.2, -0.15) is 0 Å². The van der Waals surface area contributed by atoms with Crippen LogP contribution in [0.3, 0.4) is 0 Å². The van der Waals surface area contributed by atoms with Gasteiger partial charge >= 0.3 is 0 Å². The summed E-state index contributed by atoms with van der Waals surface area (Å²) in [4.78, 5) is 2.13. The summed E-state index contributed by atoms with van der Waals surface area (Å²) in [6, 6.07) is 4.95. The summed E-state index contributed by atoms with van der Waals surface area (Å²) in [5.41, 5.74) is 6.43. The molecular weight excluding hydrogens is 279 g/mol. The lowest BCUT2D eigenvalue weighted by molar-refractivity contribution is 0.0505. The number of ether oxygens (including phenoxy) is 1. The SMILES string of the molecule is CN(CC1CCOCC1)C(CN)c1cccc(Cl)c1F. The van der Waals surface area contributed by atoms with Crippen LogP contribution in [0, 0.1) is 11.7 Å². The number of likely N-dealkylation sites (N-methyl/N-ethyl adjacent to an activating group) is 1. The zero-order valence-corrected chi connectivity index (χ0v) is 12.6. The highest BCUT2D eigenvalue weighted by Crippen LogP contribution is 2.27. The quantitative estimate of drug-likeness (QED) is 0.909. The van der Waals surface area contributed by atoms with Crippen molar-refractivity contribution >= 4 is 11.6 Å². The second kappa shape index (κ2) is 7.36. The summed E-state index contributed by atoms with van der Waals surface area (Å²) in [6.07, 6.45) is 2.11. The molecule has 1 aromatic carbocycles. The van der Waals surface area contributed by atoms with Crippen LogP contribution in [0.25, 0.3) is 0 Å². The molecule has 2 rings (SSSR count). The van der Waals surface area contributed by atoms with Gasteiger partial charge in [-0.25, -0.2) is 4.39 Å². The Balaban J connectivity index is 2.08. The summed E-state index contributed by atoms with van der Waals surface area (Å²) in [6.45, 7) is 2.91. The van der Waals surface area contributed by atoms with E-state index in [1.165, 1.54) is 0 Å².